The molecule has 0 unspecified atom stereocenters. The number of fused-ring (bicyclic) bond motifs is 1. The lowest BCUT2D eigenvalue weighted by molar-refractivity contribution is -0.138. The largest absolute Gasteiger partial charge is 0.384 e. The van der Waals surface area contributed by atoms with Gasteiger partial charge in [0, 0.05) is 48.8 Å². The monoisotopic (exact) mass is 435 g/mol. The van der Waals surface area contributed by atoms with Crippen LogP contribution in [-0.4, -0.2) is 51.9 Å². The Morgan fingerprint density at radius 1 is 1.09 bits per heavy atom. The average molecular weight is 436 g/mol. The topological polar surface area (TPSA) is 78.2 Å². The van der Waals surface area contributed by atoms with Crippen LogP contribution in [0.2, 0.25) is 0 Å². The van der Waals surface area contributed by atoms with Crippen molar-refractivity contribution in [3.63, 3.8) is 0 Å². The van der Waals surface area contributed by atoms with E-state index in [9.17, 15) is 9.18 Å². The molecule has 3 N–H and O–H groups in total. The summed E-state index contributed by atoms with van der Waals surface area (Å²) in [5.41, 5.74) is 9.05. The van der Waals surface area contributed by atoms with Crippen LogP contribution in [0.25, 0.3) is 10.9 Å². The summed E-state index contributed by atoms with van der Waals surface area (Å²) in [6.45, 7) is 4.32. The number of H-pyrrole nitrogens is 1. The second kappa shape index (κ2) is 8.90. The highest BCUT2D eigenvalue weighted by atomic mass is 19.1. The van der Waals surface area contributed by atoms with Crippen molar-refractivity contribution in [1.29, 1.82) is 0 Å². The fourth-order valence-corrected chi connectivity index (χ4v) is 5.32. The normalized spacial score (nSPS) is 19.0. The van der Waals surface area contributed by atoms with Gasteiger partial charge < -0.3 is 15.6 Å². The number of likely N-dealkylation sites (tertiary alicyclic amines) is 2. The first-order valence-electron chi connectivity index (χ1n) is 11.5. The van der Waals surface area contributed by atoms with Crippen LogP contribution in [0.15, 0.2) is 42.7 Å². The van der Waals surface area contributed by atoms with Crippen LogP contribution in [0.5, 0.6) is 0 Å². The molecule has 0 aliphatic carbocycles. The van der Waals surface area contributed by atoms with Crippen molar-refractivity contribution in [2.24, 2.45) is 5.92 Å². The van der Waals surface area contributed by atoms with Crippen LogP contribution in [0.3, 0.4) is 0 Å². The number of carbonyl (C=O) groups excluding carboxylic acids is 1. The highest BCUT2D eigenvalue weighted by Crippen LogP contribution is 2.34. The summed E-state index contributed by atoms with van der Waals surface area (Å²) in [7, 11) is 0. The van der Waals surface area contributed by atoms with Crippen molar-refractivity contribution >= 4 is 22.6 Å². The molecule has 32 heavy (non-hydrogen) atoms. The number of amides is 1. The maximum Gasteiger partial charge on any atom is 0.225 e. The van der Waals surface area contributed by atoms with E-state index in [0.717, 1.165) is 69.3 Å². The van der Waals surface area contributed by atoms with Crippen molar-refractivity contribution in [1.82, 2.24) is 19.8 Å². The number of aromatic amines is 1. The smallest absolute Gasteiger partial charge is 0.225 e. The molecule has 6 nitrogen and oxygen atoms in total. The summed E-state index contributed by atoms with van der Waals surface area (Å²) in [5.74, 6) is 1.18. The van der Waals surface area contributed by atoms with Gasteiger partial charge >= 0.3 is 0 Å². The van der Waals surface area contributed by atoms with Gasteiger partial charge in [-0.1, -0.05) is 0 Å². The Kier molecular flexibility index (Phi) is 5.83. The van der Waals surface area contributed by atoms with Crippen LogP contribution in [0.4, 0.5) is 10.2 Å². The highest BCUT2D eigenvalue weighted by Gasteiger charge is 2.31. The van der Waals surface area contributed by atoms with Gasteiger partial charge in [-0.3, -0.25) is 9.69 Å². The van der Waals surface area contributed by atoms with Crippen LogP contribution in [0, 0.1) is 11.7 Å². The van der Waals surface area contributed by atoms with E-state index >= 15 is 0 Å². The third-order valence-corrected chi connectivity index (χ3v) is 7.11. The van der Waals surface area contributed by atoms with E-state index in [0.29, 0.717) is 17.6 Å². The fourth-order valence-electron chi connectivity index (χ4n) is 5.32. The third kappa shape index (κ3) is 4.35. The number of carbonyl (C=O) groups is 1. The number of benzene rings is 1. The molecule has 0 saturated carbocycles. The van der Waals surface area contributed by atoms with Crippen LogP contribution in [-0.2, 0) is 11.3 Å². The maximum absolute atomic E-state index is 13.5. The Morgan fingerprint density at radius 2 is 1.88 bits per heavy atom. The number of nitrogen functional groups attached to an aromatic ring is 1. The first-order valence-corrected chi connectivity index (χ1v) is 11.5. The van der Waals surface area contributed by atoms with Gasteiger partial charge in [0.15, 0.2) is 0 Å². The minimum Gasteiger partial charge on any atom is -0.384 e. The molecular formula is C25H30FN5O. The minimum absolute atomic E-state index is 0.126. The summed E-state index contributed by atoms with van der Waals surface area (Å²) in [5, 5.41) is 1.10. The number of nitrogens with two attached hydrogens (primary N) is 1. The number of hydrogen-bond acceptors (Lipinski definition) is 4. The van der Waals surface area contributed by atoms with Crippen LogP contribution in [0.1, 0.15) is 42.7 Å². The Labute approximate surface area is 187 Å². The molecule has 4 heterocycles. The van der Waals surface area contributed by atoms with E-state index in [-0.39, 0.29) is 11.7 Å². The molecule has 0 atom stereocenters. The number of nitrogens with one attached hydrogen (secondary N) is 1. The molecule has 168 valence electrons. The number of anilines is 1. The van der Waals surface area contributed by atoms with Crippen molar-refractivity contribution in [2.75, 3.05) is 31.9 Å². The summed E-state index contributed by atoms with van der Waals surface area (Å²) in [6.07, 6.45) is 7.50. The molecule has 2 aromatic heterocycles. The van der Waals surface area contributed by atoms with Gasteiger partial charge in [-0.2, -0.15) is 0 Å². The fraction of sp³-hybridized carbons (Fsp3) is 0.440. The Hall–Kier alpha value is -2.93. The minimum atomic E-state index is -0.220. The van der Waals surface area contributed by atoms with E-state index in [1.54, 1.807) is 12.3 Å². The summed E-state index contributed by atoms with van der Waals surface area (Å²) >= 11 is 0. The third-order valence-electron chi connectivity index (χ3n) is 7.11. The molecule has 0 radical (unpaired) electrons. The average Bonchev–Trinajstić information content (AvgIpc) is 3.22. The van der Waals surface area contributed by atoms with Crippen molar-refractivity contribution in [3.05, 3.63) is 59.7 Å². The van der Waals surface area contributed by atoms with E-state index in [1.165, 1.54) is 17.2 Å². The van der Waals surface area contributed by atoms with Crippen LogP contribution < -0.4 is 5.73 Å². The van der Waals surface area contributed by atoms with E-state index < -0.39 is 0 Å². The number of aromatic nitrogens is 2. The molecule has 1 amide bonds. The summed E-state index contributed by atoms with van der Waals surface area (Å²) in [6, 6.07) is 8.86. The molecule has 5 rings (SSSR count). The maximum atomic E-state index is 13.5. The highest BCUT2D eigenvalue weighted by molar-refractivity contribution is 5.84. The Morgan fingerprint density at radius 3 is 2.62 bits per heavy atom. The van der Waals surface area contributed by atoms with Gasteiger partial charge in [0.05, 0.1) is 0 Å². The van der Waals surface area contributed by atoms with Crippen molar-refractivity contribution in [2.45, 2.75) is 38.1 Å². The number of rotatable bonds is 4. The lowest BCUT2D eigenvalue weighted by atomic mass is 9.88. The van der Waals surface area contributed by atoms with Crippen molar-refractivity contribution in [3.8, 4) is 0 Å². The van der Waals surface area contributed by atoms with E-state index in [4.69, 9.17) is 5.73 Å². The molecule has 0 spiro atoms. The van der Waals surface area contributed by atoms with Gasteiger partial charge in [0.1, 0.15) is 11.6 Å². The molecular weight excluding hydrogens is 405 g/mol. The number of halogens is 1. The first kappa shape index (κ1) is 20.9. The van der Waals surface area contributed by atoms with Gasteiger partial charge in [0.2, 0.25) is 5.91 Å². The number of pyridine rings is 1. The van der Waals surface area contributed by atoms with Crippen molar-refractivity contribution < 1.29 is 9.18 Å². The van der Waals surface area contributed by atoms with Gasteiger partial charge in [-0.25, -0.2) is 9.37 Å². The number of nitrogens with zero attached hydrogens (tertiary/aromatic N) is 3. The van der Waals surface area contributed by atoms with Crippen LogP contribution >= 0.6 is 0 Å². The summed E-state index contributed by atoms with van der Waals surface area (Å²) in [4.78, 5) is 24.9. The Bertz CT molecular complexity index is 1100. The molecule has 2 aliphatic heterocycles. The number of piperidine rings is 2. The predicted molar refractivity (Wildman–Crippen MR) is 123 cm³/mol. The summed E-state index contributed by atoms with van der Waals surface area (Å²) < 4.78 is 13.5. The lowest BCUT2D eigenvalue weighted by Gasteiger charge is -2.37. The zero-order valence-electron chi connectivity index (χ0n) is 18.3. The van der Waals surface area contributed by atoms with Gasteiger partial charge in [-0.05, 0) is 86.1 Å². The molecule has 3 aromatic rings. The quantitative estimate of drug-likeness (QED) is 0.652. The van der Waals surface area contributed by atoms with Gasteiger partial charge in [-0.15, -0.1) is 0 Å². The van der Waals surface area contributed by atoms with Gasteiger partial charge in [0.25, 0.3) is 0 Å². The molecule has 2 fully saturated rings. The second-order valence-electron chi connectivity index (χ2n) is 9.17. The lowest BCUT2D eigenvalue weighted by Crippen LogP contribution is -2.45. The standard InChI is InChI=1S/C25H30FN5O/c26-20-1-2-21-22(15-29-23(21)14-20)18-6-11-31(12-7-18)25(32)19-4-9-30(10-5-19)16-17-3-8-28-24(27)13-17/h1-3,8,13-15,18-19,29H,4-7,9-12,16H2,(H2,27,28). The molecule has 0 bridgehead atoms. The Balaban J connectivity index is 1.13. The number of hydrogen-bond donors (Lipinski definition) is 2. The first-order chi connectivity index (χ1) is 15.6. The molecule has 7 heteroatoms. The zero-order chi connectivity index (χ0) is 22.1. The van der Waals surface area contributed by atoms with E-state index in [1.807, 2.05) is 24.4 Å². The predicted octanol–water partition coefficient (Wildman–Crippen LogP) is 3.90. The zero-order valence-corrected chi connectivity index (χ0v) is 18.3. The molecule has 2 aliphatic rings. The SMILES string of the molecule is Nc1cc(CN2CCC(C(=O)N3CCC(c4c[nH]c5cc(F)ccc45)CC3)CC2)ccn1. The molecule has 2 saturated heterocycles. The second-order valence-corrected chi connectivity index (χ2v) is 9.17. The van der Waals surface area contributed by atoms with E-state index in [2.05, 4.69) is 19.8 Å². The molecule has 1 aromatic carbocycles.